The zero-order valence-electron chi connectivity index (χ0n) is 23.2. The summed E-state index contributed by atoms with van der Waals surface area (Å²) < 4.78 is 51.9. The topological polar surface area (TPSA) is 311 Å². The Labute approximate surface area is 262 Å². The summed E-state index contributed by atoms with van der Waals surface area (Å²) in [5.74, 6) is -7.64. The lowest BCUT2D eigenvalue weighted by Crippen LogP contribution is -2.52. The third-order valence-electron chi connectivity index (χ3n) is 6.51. The van der Waals surface area contributed by atoms with Gasteiger partial charge in [0, 0.05) is 11.6 Å². The van der Waals surface area contributed by atoms with Gasteiger partial charge in [-0.1, -0.05) is 0 Å². The number of sulfonamides is 2. The van der Waals surface area contributed by atoms with Crippen LogP contribution in [-0.2, 0) is 34.4 Å². The molecule has 242 valence electrons. The van der Waals surface area contributed by atoms with E-state index in [2.05, 4.69) is 21.4 Å². The molecule has 0 atom stereocenters. The van der Waals surface area contributed by atoms with Crippen molar-refractivity contribution in [2.45, 2.75) is 9.79 Å². The molecule has 0 fully saturated rings. The number of carbonyl (C=O) groups is 3. The van der Waals surface area contributed by atoms with E-state index in [4.69, 9.17) is 14.7 Å². The number of nitrogens with zero attached hydrogens (tertiary/aromatic N) is 1. The first kappa shape index (κ1) is 32.3. The number of carbonyl (C=O) groups excluding carboxylic acids is 3. The van der Waals surface area contributed by atoms with Gasteiger partial charge in [-0.3, -0.25) is 30.0 Å². The summed E-state index contributed by atoms with van der Waals surface area (Å²) in [5.41, 5.74) is 3.90. The Morgan fingerprint density at radius 2 is 1.28 bits per heavy atom. The standard InChI is InChI=1S/C27H20N6O12S2/c28-46(41,42)14-5-1-12(2-6-14)30-32-19-22(37)18-23(38)25(40)26(11-9-16(34)21(36)17(35)10-11)45-27(18)20(24(19)39)33-31-13-3-7-15(8-4-13)47(29,43)44/h1-10,30-31,33-34,37,40H,(H2,28,41,42)(H2,29,43,44)/b32-19-. The number of rotatable bonds is 8. The quantitative estimate of drug-likeness (QED) is 0.0727. The molecular formula is C27H20N6O12S2. The van der Waals surface area contributed by atoms with Crippen molar-refractivity contribution in [1.29, 1.82) is 0 Å². The molecule has 3 aromatic rings. The van der Waals surface area contributed by atoms with Crippen LogP contribution >= 0.6 is 0 Å². The highest BCUT2D eigenvalue weighted by molar-refractivity contribution is 7.89. The normalized spacial score (nSPS) is 16.0. The number of hydrogen-bond acceptors (Lipinski definition) is 16. The van der Waals surface area contributed by atoms with Gasteiger partial charge in [-0.25, -0.2) is 27.1 Å². The molecule has 0 bridgehead atoms. The average Bonchev–Trinajstić information content (AvgIpc) is 3.00. The Kier molecular flexibility index (Phi) is 8.03. The number of ketones is 3. The molecule has 20 heteroatoms. The van der Waals surface area contributed by atoms with Gasteiger partial charge in [0.1, 0.15) is 10.9 Å². The average molecular weight is 685 g/mol. The van der Waals surface area contributed by atoms with E-state index in [-0.39, 0.29) is 21.2 Å². The number of nitrogens with two attached hydrogens (primary N) is 2. The molecule has 18 nitrogen and oxygen atoms in total. The van der Waals surface area contributed by atoms with Gasteiger partial charge in [-0.2, -0.15) is 5.10 Å². The van der Waals surface area contributed by atoms with Crippen molar-refractivity contribution in [2.75, 3.05) is 10.9 Å². The minimum absolute atomic E-state index is 0.110. The van der Waals surface area contributed by atoms with E-state index in [0.717, 1.165) is 30.3 Å². The SMILES string of the molecule is NS(=O)(=O)c1ccc(N/N=C2\C(=O)C(NNc3ccc(S(N)(=O)=O)cc3)=c3oc(C4=CC(=O)C(=O)C(O)=C4)c(O)c(=O)c3=C2O)cc1. The van der Waals surface area contributed by atoms with Crippen LogP contribution in [0.3, 0.4) is 0 Å². The molecule has 10 N–H and O–H groups in total. The largest absolute Gasteiger partial charge is 0.505 e. The zero-order valence-corrected chi connectivity index (χ0v) is 24.8. The lowest BCUT2D eigenvalue weighted by molar-refractivity contribution is -0.133. The summed E-state index contributed by atoms with van der Waals surface area (Å²) >= 11 is 0. The van der Waals surface area contributed by atoms with Gasteiger partial charge < -0.3 is 25.2 Å². The summed E-state index contributed by atoms with van der Waals surface area (Å²) in [5, 5.41) is 44.8. The third-order valence-corrected chi connectivity index (χ3v) is 8.37. The van der Waals surface area contributed by atoms with Crippen LogP contribution in [0.5, 0.6) is 5.75 Å². The number of Topliss-reactive ketones (excluding diaryl/α,β-unsaturated/α-hetero) is 2. The lowest BCUT2D eigenvalue weighted by atomic mass is 9.99. The molecule has 5 rings (SSSR count). The lowest BCUT2D eigenvalue weighted by Gasteiger charge is -2.18. The zero-order chi connectivity index (χ0) is 34.4. The van der Waals surface area contributed by atoms with Crippen molar-refractivity contribution in [2.24, 2.45) is 15.4 Å². The Hall–Kier alpha value is -6.09. The van der Waals surface area contributed by atoms with Gasteiger partial charge >= 0.3 is 0 Å². The highest BCUT2D eigenvalue weighted by Gasteiger charge is 2.33. The van der Waals surface area contributed by atoms with Crippen LogP contribution in [0, 0.1) is 0 Å². The molecule has 0 saturated heterocycles. The molecule has 0 unspecified atom stereocenters. The summed E-state index contributed by atoms with van der Waals surface area (Å²) in [4.78, 5) is 50.3. The number of primary sulfonamides is 2. The van der Waals surface area contributed by atoms with Crippen molar-refractivity contribution < 1.29 is 51.0 Å². The number of anilines is 2. The molecule has 0 amide bonds. The Bertz CT molecular complexity index is 2410. The Balaban J connectivity index is 1.66. The number of aliphatic hydroxyl groups excluding tert-OH is 2. The minimum atomic E-state index is -4.03. The first-order chi connectivity index (χ1) is 22.0. The minimum Gasteiger partial charge on any atom is -0.505 e. The first-order valence-electron chi connectivity index (χ1n) is 12.7. The number of hydrazine groups is 1. The molecule has 2 aromatic carbocycles. The number of allylic oxidation sites excluding steroid dienone is 4. The fraction of sp³-hybridized carbons (Fsp3) is 0. The van der Waals surface area contributed by atoms with Gasteiger partial charge in [0.2, 0.25) is 42.8 Å². The van der Waals surface area contributed by atoms with Gasteiger partial charge in [-0.05, 0) is 54.6 Å². The van der Waals surface area contributed by atoms with Crippen LogP contribution in [0.25, 0.3) is 17.0 Å². The fourth-order valence-corrected chi connectivity index (χ4v) is 5.23. The van der Waals surface area contributed by atoms with Gasteiger partial charge in [0.05, 0.1) is 21.2 Å². The van der Waals surface area contributed by atoms with E-state index in [1.54, 1.807) is 0 Å². The second-order valence-corrected chi connectivity index (χ2v) is 12.8. The van der Waals surface area contributed by atoms with Gasteiger partial charge in [0.25, 0.3) is 5.78 Å². The summed E-state index contributed by atoms with van der Waals surface area (Å²) in [6.07, 6.45) is 1.40. The highest BCUT2D eigenvalue weighted by atomic mass is 32.2. The molecule has 0 aliphatic heterocycles. The maximum Gasteiger partial charge on any atom is 0.267 e. The summed E-state index contributed by atoms with van der Waals surface area (Å²) in [6.45, 7) is 0. The number of fused-ring (bicyclic) bond motifs is 1. The van der Waals surface area contributed by atoms with Crippen LogP contribution in [0.2, 0.25) is 0 Å². The number of nitrogens with one attached hydrogen (secondary N) is 3. The van der Waals surface area contributed by atoms with Crippen molar-refractivity contribution in [3.63, 3.8) is 0 Å². The smallest absolute Gasteiger partial charge is 0.267 e. The Morgan fingerprint density at radius 1 is 0.723 bits per heavy atom. The van der Waals surface area contributed by atoms with Crippen molar-refractivity contribution in [3.8, 4) is 5.75 Å². The van der Waals surface area contributed by atoms with E-state index in [1.807, 2.05) is 0 Å². The third kappa shape index (κ3) is 6.24. The molecule has 2 aliphatic carbocycles. The summed E-state index contributed by atoms with van der Waals surface area (Å²) in [6, 6.07) is 9.52. The monoisotopic (exact) mass is 684 g/mol. The van der Waals surface area contributed by atoms with Gasteiger partial charge in [0.15, 0.2) is 28.4 Å². The molecule has 0 saturated carbocycles. The van der Waals surface area contributed by atoms with Crippen molar-refractivity contribution in [3.05, 3.63) is 93.1 Å². The molecule has 0 radical (unpaired) electrons. The molecule has 2 aliphatic rings. The number of hydrazone groups is 1. The predicted molar refractivity (Wildman–Crippen MR) is 162 cm³/mol. The van der Waals surface area contributed by atoms with Crippen molar-refractivity contribution in [1.82, 2.24) is 5.43 Å². The second-order valence-electron chi connectivity index (χ2n) is 9.65. The maximum atomic E-state index is 13.7. The van der Waals surface area contributed by atoms with Crippen LogP contribution < -0.4 is 42.6 Å². The van der Waals surface area contributed by atoms with Crippen LogP contribution in [0.1, 0.15) is 5.76 Å². The maximum absolute atomic E-state index is 13.7. The number of hydrogen-bond donors (Lipinski definition) is 8. The Morgan fingerprint density at radius 3 is 1.81 bits per heavy atom. The highest BCUT2D eigenvalue weighted by Crippen LogP contribution is 2.26. The first-order valence-corrected chi connectivity index (χ1v) is 15.8. The van der Waals surface area contributed by atoms with Crippen molar-refractivity contribution >= 4 is 71.5 Å². The molecular weight excluding hydrogens is 664 g/mol. The van der Waals surface area contributed by atoms with Gasteiger partial charge in [-0.15, -0.1) is 0 Å². The predicted octanol–water partition coefficient (Wildman–Crippen LogP) is -1.94. The number of benzene rings is 2. The molecule has 47 heavy (non-hydrogen) atoms. The second kappa shape index (κ2) is 11.7. The fourth-order valence-electron chi connectivity index (χ4n) is 4.20. The number of aliphatic hydroxyl groups is 2. The van der Waals surface area contributed by atoms with E-state index in [0.29, 0.717) is 6.08 Å². The molecule has 1 heterocycles. The molecule has 0 spiro atoms. The van der Waals surface area contributed by atoms with Crippen LogP contribution in [-0.4, -0.2) is 55.2 Å². The number of aromatic hydroxyl groups is 1. The van der Waals surface area contributed by atoms with Crippen LogP contribution in [0.15, 0.2) is 90.5 Å². The van der Waals surface area contributed by atoms with E-state index >= 15 is 0 Å². The molecule has 1 aromatic heterocycles. The van der Waals surface area contributed by atoms with E-state index in [1.165, 1.54) is 24.3 Å². The summed E-state index contributed by atoms with van der Waals surface area (Å²) in [7, 11) is -8.06. The van der Waals surface area contributed by atoms with E-state index < -0.39 is 93.5 Å². The van der Waals surface area contributed by atoms with E-state index in [9.17, 15) is 51.3 Å². The van der Waals surface area contributed by atoms with Crippen LogP contribution in [0.4, 0.5) is 11.4 Å².